The van der Waals surface area contributed by atoms with Gasteiger partial charge >= 0.3 is 0 Å². The molecule has 4 heteroatoms. The van der Waals surface area contributed by atoms with Crippen LogP contribution in [0.1, 0.15) is 45.2 Å². The van der Waals surface area contributed by atoms with Crippen molar-refractivity contribution in [3.05, 3.63) is 28.2 Å². The number of hydrogen-bond acceptors (Lipinski definition) is 3. The second kappa shape index (κ2) is 8.01. The Kier molecular flexibility index (Phi) is 6.55. The normalized spacial score (nSPS) is 10.7. The standard InChI is InChI=1S/C13H23N3O/c1-3-5-9-14-11-12-7-8-13(17)16(15-12)10-6-4-2/h7-8,14H,3-6,9-11H2,1-2H3. The molecule has 0 spiro atoms. The van der Waals surface area contributed by atoms with E-state index in [0.29, 0.717) is 0 Å². The quantitative estimate of drug-likeness (QED) is 0.703. The first-order valence-electron chi connectivity index (χ1n) is 6.55. The van der Waals surface area contributed by atoms with E-state index in [2.05, 4.69) is 24.3 Å². The van der Waals surface area contributed by atoms with E-state index in [9.17, 15) is 4.79 Å². The molecule has 0 aromatic carbocycles. The highest BCUT2D eigenvalue weighted by molar-refractivity contribution is 4.99. The number of rotatable bonds is 8. The highest BCUT2D eigenvalue weighted by atomic mass is 16.1. The van der Waals surface area contributed by atoms with Crippen molar-refractivity contribution in [3.8, 4) is 0 Å². The summed E-state index contributed by atoms with van der Waals surface area (Å²) in [6.07, 6.45) is 4.44. The Morgan fingerprint density at radius 3 is 2.71 bits per heavy atom. The maximum absolute atomic E-state index is 11.5. The molecule has 0 amide bonds. The molecule has 0 atom stereocenters. The van der Waals surface area contributed by atoms with Gasteiger partial charge in [-0.15, -0.1) is 0 Å². The van der Waals surface area contributed by atoms with Gasteiger partial charge < -0.3 is 5.32 Å². The van der Waals surface area contributed by atoms with Crippen LogP contribution < -0.4 is 10.9 Å². The molecule has 1 aromatic rings. The third kappa shape index (κ3) is 5.13. The summed E-state index contributed by atoms with van der Waals surface area (Å²) in [7, 11) is 0. The molecule has 0 unspecified atom stereocenters. The second-order valence-electron chi connectivity index (χ2n) is 4.27. The minimum atomic E-state index is -0.00393. The zero-order valence-corrected chi connectivity index (χ0v) is 10.9. The number of aromatic nitrogens is 2. The molecular formula is C13H23N3O. The molecule has 0 aliphatic carbocycles. The molecule has 0 fully saturated rings. The summed E-state index contributed by atoms with van der Waals surface area (Å²) in [6.45, 7) is 6.75. The minimum Gasteiger partial charge on any atom is -0.311 e. The lowest BCUT2D eigenvalue weighted by Crippen LogP contribution is -2.25. The van der Waals surface area contributed by atoms with Crippen LogP contribution in [0.15, 0.2) is 16.9 Å². The summed E-state index contributed by atoms with van der Waals surface area (Å²) < 4.78 is 1.57. The van der Waals surface area contributed by atoms with Gasteiger partial charge in [-0.2, -0.15) is 5.10 Å². The molecule has 0 saturated carbocycles. The van der Waals surface area contributed by atoms with Crippen LogP contribution in [0, 0.1) is 0 Å². The topological polar surface area (TPSA) is 46.9 Å². The molecule has 0 aliphatic rings. The van der Waals surface area contributed by atoms with E-state index in [1.807, 2.05) is 6.07 Å². The fraction of sp³-hybridized carbons (Fsp3) is 0.692. The number of unbranched alkanes of at least 4 members (excludes halogenated alkanes) is 2. The van der Waals surface area contributed by atoms with E-state index in [-0.39, 0.29) is 5.56 Å². The summed E-state index contributed by atoms with van der Waals surface area (Å²) in [5, 5.41) is 7.68. The lowest BCUT2D eigenvalue weighted by molar-refractivity contribution is 0.522. The summed E-state index contributed by atoms with van der Waals surface area (Å²) in [6, 6.07) is 3.42. The van der Waals surface area contributed by atoms with Gasteiger partial charge in [0.25, 0.3) is 5.56 Å². The second-order valence-corrected chi connectivity index (χ2v) is 4.27. The Bertz CT molecular complexity index is 373. The molecule has 0 saturated heterocycles. The van der Waals surface area contributed by atoms with Crippen molar-refractivity contribution in [2.24, 2.45) is 0 Å². The Morgan fingerprint density at radius 1 is 1.24 bits per heavy atom. The van der Waals surface area contributed by atoms with Gasteiger partial charge in [0.2, 0.25) is 0 Å². The monoisotopic (exact) mass is 237 g/mol. The summed E-state index contributed by atoms with van der Waals surface area (Å²) in [5.74, 6) is 0. The van der Waals surface area contributed by atoms with Crippen molar-refractivity contribution < 1.29 is 0 Å². The lowest BCUT2D eigenvalue weighted by atomic mass is 10.3. The van der Waals surface area contributed by atoms with Gasteiger partial charge in [-0.1, -0.05) is 26.7 Å². The van der Waals surface area contributed by atoms with Gasteiger partial charge in [0.15, 0.2) is 0 Å². The molecule has 1 rings (SSSR count). The molecule has 4 nitrogen and oxygen atoms in total. The molecule has 1 N–H and O–H groups in total. The largest absolute Gasteiger partial charge is 0.311 e. The molecule has 17 heavy (non-hydrogen) atoms. The van der Waals surface area contributed by atoms with E-state index in [0.717, 1.165) is 38.2 Å². The maximum atomic E-state index is 11.5. The first kappa shape index (κ1) is 13.9. The number of aryl methyl sites for hydroxylation is 1. The zero-order valence-electron chi connectivity index (χ0n) is 10.9. The van der Waals surface area contributed by atoms with Crippen molar-refractivity contribution >= 4 is 0 Å². The Morgan fingerprint density at radius 2 is 2.00 bits per heavy atom. The van der Waals surface area contributed by atoms with Crippen LogP contribution in [-0.4, -0.2) is 16.3 Å². The first-order chi connectivity index (χ1) is 8.27. The smallest absolute Gasteiger partial charge is 0.266 e. The van der Waals surface area contributed by atoms with Gasteiger partial charge in [0.05, 0.1) is 5.69 Å². The first-order valence-corrected chi connectivity index (χ1v) is 6.55. The third-order valence-electron chi connectivity index (χ3n) is 2.66. The van der Waals surface area contributed by atoms with Gasteiger partial charge in [-0.05, 0) is 25.5 Å². The van der Waals surface area contributed by atoms with Gasteiger partial charge in [0, 0.05) is 19.2 Å². The van der Waals surface area contributed by atoms with Crippen LogP contribution in [0.4, 0.5) is 0 Å². The van der Waals surface area contributed by atoms with E-state index < -0.39 is 0 Å². The number of nitrogens with one attached hydrogen (secondary N) is 1. The van der Waals surface area contributed by atoms with Crippen LogP contribution in [0.25, 0.3) is 0 Å². The predicted molar refractivity (Wildman–Crippen MR) is 70.0 cm³/mol. The van der Waals surface area contributed by atoms with E-state index in [4.69, 9.17) is 0 Å². The highest BCUT2D eigenvalue weighted by Gasteiger charge is 1.99. The van der Waals surface area contributed by atoms with Crippen molar-refractivity contribution in [2.75, 3.05) is 6.54 Å². The summed E-state index contributed by atoms with van der Waals surface area (Å²) in [4.78, 5) is 11.5. The number of nitrogens with zero attached hydrogens (tertiary/aromatic N) is 2. The molecule has 96 valence electrons. The SMILES string of the molecule is CCCCNCc1ccc(=O)n(CCCC)n1. The van der Waals surface area contributed by atoms with Gasteiger partial charge in [-0.25, -0.2) is 4.68 Å². The van der Waals surface area contributed by atoms with E-state index in [1.165, 1.54) is 12.8 Å². The van der Waals surface area contributed by atoms with Crippen LogP contribution in [0.5, 0.6) is 0 Å². The zero-order chi connectivity index (χ0) is 12.5. The van der Waals surface area contributed by atoms with Crippen LogP contribution >= 0.6 is 0 Å². The molecule has 0 aliphatic heterocycles. The molecule has 0 bridgehead atoms. The van der Waals surface area contributed by atoms with Crippen molar-refractivity contribution in [2.45, 2.75) is 52.6 Å². The fourth-order valence-electron chi connectivity index (χ4n) is 1.57. The molecular weight excluding hydrogens is 214 g/mol. The summed E-state index contributed by atoms with van der Waals surface area (Å²) in [5.41, 5.74) is 0.938. The Labute approximate surface area is 103 Å². The lowest BCUT2D eigenvalue weighted by Gasteiger charge is -2.07. The van der Waals surface area contributed by atoms with Crippen molar-refractivity contribution in [3.63, 3.8) is 0 Å². The van der Waals surface area contributed by atoms with E-state index in [1.54, 1.807) is 10.7 Å². The summed E-state index contributed by atoms with van der Waals surface area (Å²) >= 11 is 0. The average molecular weight is 237 g/mol. The van der Waals surface area contributed by atoms with Crippen LogP contribution in [-0.2, 0) is 13.1 Å². The van der Waals surface area contributed by atoms with Gasteiger partial charge in [-0.3, -0.25) is 4.79 Å². The number of hydrogen-bond donors (Lipinski definition) is 1. The van der Waals surface area contributed by atoms with Crippen molar-refractivity contribution in [1.29, 1.82) is 0 Å². The van der Waals surface area contributed by atoms with Gasteiger partial charge in [0.1, 0.15) is 0 Å². The van der Waals surface area contributed by atoms with Crippen LogP contribution in [0.2, 0.25) is 0 Å². The fourth-order valence-corrected chi connectivity index (χ4v) is 1.57. The average Bonchev–Trinajstić information content (AvgIpc) is 2.35. The van der Waals surface area contributed by atoms with Crippen LogP contribution in [0.3, 0.4) is 0 Å². The predicted octanol–water partition coefficient (Wildman–Crippen LogP) is 1.93. The highest BCUT2D eigenvalue weighted by Crippen LogP contribution is 1.94. The molecule has 0 radical (unpaired) electrons. The Hall–Kier alpha value is -1.16. The van der Waals surface area contributed by atoms with Crippen molar-refractivity contribution in [1.82, 2.24) is 15.1 Å². The maximum Gasteiger partial charge on any atom is 0.266 e. The molecule has 1 aromatic heterocycles. The van der Waals surface area contributed by atoms with E-state index >= 15 is 0 Å². The minimum absolute atomic E-state index is 0.00393. The Balaban J connectivity index is 2.52. The third-order valence-corrected chi connectivity index (χ3v) is 2.66. The molecule has 1 heterocycles.